The van der Waals surface area contributed by atoms with Crippen LogP contribution >= 0.6 is 11.8 Å². The minimum atomic E-state index is -0.541. The van der Waals surface area contributed by atoms with E-state index in [1.165, 1.54) is 12.1 Å². The fourth-order valence-electron chi connectivity index (χ4n) is 2.74. The normalized spacial score (nSPS) is 35.7. The average molecular weight is 254 g/mol. The molecule has 0 aliphatic carbocycles. The molecule has 1 saturated heterocycles. The van der Waals surface area contributed by atoms with Gasteiger partial charge in [0.05, 0.1) is 6.10 Å². The van der Waals surface area contributed by atoms with Crippen LogP contribution in [0.4, 0.5) is 4.39 Å². The van der Waals surface area contributed by atoms with Crippen LogP contribution in [-0.2, 0) is 0 Å². The van der Waals surface area contributed by atoms with Crippen LogP contribution in [0.2, 0.25) is 0 Å². The van der Waals surface area contributed by atoms with Crippen LogP contribution in [-0.4, -0.2) is 21.7 Å². The van der Waals surface area contributed by atoms with E-state index >= 15 is 0 Å². The van der Waals surface area contributed by atoms with E-state index in [1.54, 1.807) is 6.07 Å². The molecule has 1 aromatic rings. The Bertz CT molecular complexity index is 451. The van der Waals surface area contributed by atoms with Crippen molar-refractivity contribution in [3.05, 3.63) is 29.6 Å². The molecule has 1 spiro atoms. The van der Waals surface area contributed by atoms with Crippen LogP contribution in [0.25, 0.3) is 0 Å². The third-order valence-corrected chi connectivity index (χ3v) is 5.19. The van der Waals surface area contributed by atoms with Gasteiger partial charge in [-0.05, 0) is 31.2 Å². The summed E-state index contributed by atoms with van der Waals surface area (Å²) in [4.78, 5) is 0. The number of ether oxygens (including phenoxy) is 1. The number of rotatable bonds is 0. The fourth-order valence-corrected chi connectivity index (χ4v) is 4.12. The van der Waals surface area contributed by atoms with Gasteiger partial charge in [-0.3, -0.25) is 0 Å². The van der Waals surface area contributed by atoms with Crippen molar-refractivity contribution in [3.63, 3.8) is 0 Å². The summed E-state index contributed by atoms with van der Waals surface area (Å²) in [6, 6.07) is 4.38. The zero-order valence-electron chi connectivity index (χ0n) is 9.65. The van der Waals surface area contributed by atoms with Gasteiger partial charge in [0, 0.05) is 23.3 Å². The number of hydrogen-bond donors (Lipinski definition) is 1. The summed E-state index contributed by atoms with van der Waals surface area (Å²) in [5.74, 6) is 1.24. The van der Waals surface area contributed by atoms with E-state index in [0.717, 1.165) is 12.2 Å². The monoisotopic (exact) mass is 254 g/mol. The summed E-state index contributed by atoms with van der Waals surface area (Å²) in [6.45, 7) is 2.12. The lowest BCUT2D eigenvalue weighted by molar-refractivity contribution is -0.0105. The first-order valence-electron chi connectivity index (χ1n) is 5.89. The lowest BCUT2D eigenvalue weighted by Crippen LogP contribution is -2.45. The topological polar surface area (TPSA) is 29.5 Å². The Balaban J connectivity index is 2.02. The van der Waals surface area contributed by atoms with E-state index in [2.05, 4.69) is 6.92 Å². The van der Waals surface area contributed by atoms with Crippen molar-refractivity contribution >= 4 is 11.8 Å². The molecule has 2 nitrogen and oxygen atoms in total. The van der Waals surface area contributed by atoms with Crippen molar-refractivity contribution in [2.75, 3.05) is 5.75 Å². The van der Waals surface area contributed by atoms with Crippen molar-refractivity contribution in [2.45, 2.75) is 36.7 Å². The molecule has 1 aromatic carbocycles. The number of thioether (sulfide) groups is 1. The zero-order valence-corrected chi connectivity index (χ0v) is 10.5. The van der Waals surface area contributed by atoms with Crippen LogP contribution in [0.3, 0.4) is 0 Å². The maximum Gasteiger partial charge on any atom is 0.128 e. The molecule has 1 N–H and O–H groups in total. The smallest absolute Gasteiger partial charge is 0.128 e. The number of benzene rings is 1. The van der Waals surface area contributed by atoms with Gasteiger partial charge in [0.2, 0.25) is 0 Å². The van der Waals surface area contributed by atoms with Crippen molar-refractivity contribution in [1.82, 2.24) is 0 Å². The predicted molar refractivity (Wildman–Crippen MR) is 65.9 cm³/mol. The van der Waals surface area contributed by atoms with Crippen LogP contribution in [0, 0.1) is 5.82 Å². The van der Waals surface area contributed by atoms with Gasteiger partial charge >= 0.3 is 0 Å². The number of aliphatic hydroxyl groups is 1. The Hall–Kier alpha value is -0.740. The fraction of sp³-hybridized carbons (Fsp3) is 0.538. The third kappa shape index (κ3) is 1.74. The third-order valence-electron chi connectivity index (χ3n) is 3.82. The first-order valence-corrected chi connectivity index (χ1v) is 6.94. The van der Waals surface area contributed by atoms with E-state index in [0.29, 0.717) is 23.0 Å². The Morgan fingerprint density at radius 2 is 2.35 bits per heavy atom. The molecule has 17 heavy (non-hydrogen) atoms. The van der Waals surface area contributed by atoms with Gasteiger partial charge < -0.3 is 9.84 Å². The van der Waals surface area contributed by atoms with Crippen molar-refractivity contribution in [1.29, 1.82) is 0 Å². The Morgan fingerprint density at radius 3 is 3.06 bits per heavy atom. The van der Waals surface area contributed by atoms with Gasteiger partial charge in [0.25, 0.3) is 0 Å². The molecule has 0 aromatic heterocycles. The van der Waals surface area contributed by atoms with Gasteiger partial charge in [-0.2, -0.15) is 11.8 Å². The largest absolute Gasteiger partial charge is 0.485 e. The van der Waals surface area contributed by atoms with E-state index in [4.69, 9.17) is 4.74 Å². The molecule has 2 aliphatic heterocycles. The molecule has 0 amide bonds. The molecular formula is C13H15FO2S. The second kappa shape index (κ2) is 3.89. The second-order valence-corrected chi connectivity index (χ2v) is 6.28. The molecule has 2 aliphatic rings. The van der Waals surface area contributed by atoms with Gasteiger partial charge in [0.1, 0.15) is 17.2 Å². The number of halogens is 1. The van der Waals surface area contributed by atoms with Crippen LogP contribution in [0.5, 0.6) is 5.75 Å². The number of fused-ring (bicyclic) bond motifs is 1. The SMILES string of the molecule is CC1SCCC12CC(O)c1ccc(F)cc1O2. The highest BCUT2D eigenvalue weighted by Gasteiger charge is 2.48. The molecule has 3 rings (SSSR count). The summed E-state index contributed by atoms with van der Waals surface area (Å²) < 4.78 is 19.3. The maximum absolute atomic E-state index is 13.2. The zero-order chi connectivity index (χ0) is 12.0. The van der Waals surface area contributed by atoms with Gasteiger partial charge in [-0.15, -0.1) is 0 Å². The summed E-state index contributed by atoms with van der Waals surface area (Å²) in [5.41, 5.74) is 0.395. The molecule has 3 atom stereocenters. The molecular weight excluding hydrogens is 239 g/mol. The summed E-state index contributed by atoms with van der Waals surface area (Å²) >= 11 is 1.85. The molecule has 3 unspecified atom stereocenters. The van der Waals surface area contributed by atoms with Crippen LogP contribution in [0.1, 0.15) is 31.4 Å². The highest BCUT2D eigenvalue weighted by Crippen LogP contribution is 2.49. The van der Waals surface area contributed by atoms with Crippen LogP contribution < -0.4 is 4.74 Å². The standard InChI is InChI=1S/C13H15FO2S/c1-8-13(4-5-17-8)7-11(15)10-3-2-9(14)6-12(10)16-13/h2-3,6,8,11,15H,4-5,7H2,1H3. The maximum atomic E-state index is 13.2. The van der Waals surface area contributed by atoms with Gasteiger partial charge in [-0.1, -0.05) is 0 Å². The number of aliphatic hydroxyl groups excluding tert-OH is 1. The van der Waals surface area contributed by atoms with Crippen LogP contribution in [0.15, 0.2) is 18.2 Å². The lowest BCUT2D eigenvalue weighted by Gasteiger charge is -2.40. The molecule has 0 bridgehead atoms. The molecule has 0 saturated carbocycles. The highest BCUT2D eigenvalue weighted by atomic mass is 32.2. The Labute approximate surface area is 104 Å². The van der Waals surface area contributed by atoms with E-state index in [-0.39, 0.29) is 11.4 Å². The quantitative estimate of drug-likeness (QED) is 0.772. The Kier molecular flexibility index (Phi) is 2.60. The molecule has 0 radical (unpaired) electrons. The molecule has 4 heteroatoms. The Morgan fingerprint density at radius 1 is 1.53 bits per heavy atom. The van der Waals surface area contributed by atoms with Crippen molar-refractivity contribution < 1.29 is 14.2 Å². The van der Waals surface area contributed by atoms with E-state index in [1.807, 2.05) is 11.8 Å². The molecule has 1 fully saturated rings. The summed E-state index contributed by atoms with van der Waals surface area (Å²) in [7, 11) is 0. The van der Waals surface area contributed by atoms with E-state index in [9.17, 15) is 9.50 Å². The van der Waals surface area contributed by atoms with Gasteiger partial charge in [0.15, 0.2) is 0 Å². The predicted octanol–water partition coefficient (Wildman–Crippen LogP) is 2.91. The first kappa shape index (κ1) is 11.4. The van der Waals surface area contributed by atoms with E-state index < -0.39 is 6.10 Å². The number of hydrogen-bond acceptors (Lipinski definition) is 3. The van der Waals surface area contributed by atoms with Crippen molar-refractivity contribution in [2.24, 2.45) is 0 Å². The minimum Gasteiger partial charge on any atom is -0.485 e. The average Bonchev–Trinajstić information content (AvgIpc) is 2.59. The highest BCUT2D eigenvalue weighted by molar-refractivity contribution is 8.00. The first-order chi connectivity index (χ1) is 8.11. The molecule has 2 heterocycles. The van der Waals surface area contributed by atoms with Crippen molar-refractivity contribution in [3.8, 4) is 5.75 Å². The van der Waals surface area contributed by atoms with Gasteiger partial charge in [-0.25, -0.2) is 4.39 Å². The summed E-state index contributed by atoms with van der Waals surface area (Å²) in [5, 5.41) is 10.5. The molecule has 92 valence electrons. The second-order valence-electron chi connectivity index (χ2n) is 4.83. The minimum absolute atomic E-state index is 0.314. The summed E-state index contributed by atoms with van der Waals surface area (Å²) in [6.07, 6.45) is 0.992. The lowest BCUT2D eigenvalue weighted by atomic mass is 9.85.